The molecule has 0 bridgehead atoms. The molecule has 3 aromatic heterocycles. The lowest BCUT2D eigenvalue weighted by molar-refractivity contribution is 0.151. The molecule has 3 heterocycles. The molecule has 2 N–H and O–H groups in total. The van der Waals surface area contributed by atoms with Crippen LogP contribution < -0.4 is 4.90 Å². The van der Waals surface area contributed by atoms with Crippen LogP contribution in [-0.2, 0) is 17.6 Å². The third kappa shape index (κ3) is 6.68. The fraction of sp³-hybridized carbons (Fsp3) is 0.474. The Balaban J connectivity index is 1.32. The molecule has 1 amide bonds. The highest BCUT2D eigenvalue weighted by Crippen LogP contribution is 2.26. The predicted octanol–water partition coefficient (Wildman–Crippen LogP) is 2.61. The fourth-order valence-corrected chi connectivity index (χ4v) is 4.27. The topological polar surface area (TPSA) is 151 Å². The Hall–Kier alpha value is -3.13. The Kier molecular flexibility index (Phi) is 8.14. The number of unbranched alkanes of at least 4 members (excludes halogenated alkanes) is 2. The molecule has 14 heteroatoms. The van der Waals surface area contributed by atoms with Crippen LogP contribution in [0.4, 0.5) is 10.5 Å². The second-order valence-electron chi connectivity index (χ2n) is 7.39. The number of hydrogen-bond donors (Lipinski definition) is 3. The summed E-state index contributed by atoms with van der Waals surface area (Å²) >= 11 is 6.22. The van der Waals surface area contributed by atoms with Crippen LogP contribution in [0.3, 0.4) is 0 Å². The first kappa shape index (κ1) is 23.0. The van der Waals surface area contributed by atoms with Crippen molar-refractivity contribution >= 4 is 46.0 Å². The third-order valence-corrected chi connectivity index (χ3v) is 6.20. The molecule has 0 aliphatic carbocycles. The van der Waals surface area contributed by atoms with Gasteiger partial charge in [0, 0.05) is 30.3 Å². The summed E-state index contributed by atoms with van der Waals surface area (Å²) in [6.45, 7) is 0.729. The zero-order valence-corrected chi connectivity index (χ0v) is 19.5. The van der Waals surface area contributed by atoms with Gasteiger partial charge >= 0.3 is 6.09 Å². The minimum atomic E-state index is -0.393. The van der Waals surface area contributed by atoms with Gasteiger partial charge in [-0.05, 0) is 43.9 Å². The molecule has 33 heavy (non-hydrogen) atoms. The maximum Gasteiger partial charge on any atom is 0.414 e. The first-order chi connectivity index (χ1) is 16.2. The highest BCUT2D eigenvalue weighted by atomic mass is 32.1. The van der Waals surface area contributed by atoms with Crippen LogP contribution >= 0.6 is 24.0 Å². The zero-order valence-electron chi connectivity index (χ0n) is 17.8. The van der Waals surface area contributed by atoms with Crippen LogP contribution in [0.5, 0.6) is 0 Å². The Labute approximate surface area is 198 Å². The number of aryl methyl sites for hydroxylation is 2. The van der Waals surface area contributed by atoms with Gasteiger partial charge in [-0.2, -0.15) is 23.1 Å². The lowest BCUT2D eigenvalue weighted by Gasteiger charge is -2.25. The van der Waals surface area contributed by atoms with Crippen LogP contribution in [0.2, 0.25) is 0 Å². The minimum absolute atomic E-state index is 0.0943. The summed E-state index contributed by atoms with van der Waals surface area (Å²) in [5.74, 6) is 1.31. The SMILES string of the molecule is O=C(OCCCCCc1nn[nH]n1)N(CC(S)CCc1nn[nH]n1)c1ccc2ncsc2c1. The van der Waals surface area contributed by atoms with Gasteiger partial charge < -0.3 is 4.74 Å². The van der Waals surface area contributed by atoms with Gasteiger partial charge in [-0.15, -0.1) is 31.7 Å². The van der Waals surface area contributed by atoms with Crippen molar-refractivity contribution in [2.75, 3.05) is 18.1 Å². The number of thiol groups is 1. The number of carbonyl (C=O) groups excluding carboxylic acids is 1. The molecule has 0 radical (unpaired) electrons. The maximum atomic E-state index is 13.0. The monoisotopic (exact) mass is 488 g/mol. The van der Waals surface area contributed by atoms with Crippen molar-refractivity contribution in [2.24, 2.45) is 0 Å². The molecule has 1 atom stereocenters. The summed E-state index contributed by atoms with van der Waals surface area (Å²) in [6, 6.07) is 5.75. The number of anilines is 1. The van der Waals surface area contributed by atoms with Crippen molar-refractivity contribution in [2.45, 2.75) is 43.8 Å². The molecule has 0 saturated heterocycles. The largest absolute Gasteiger partial charge is 0.449 e. The average molecular weight is 489 g/mol. The molecule has 1 unspecified atom stereocenters. The normalized spacial score (nSPS) is 12.2. The molecule has 1 aromatic carbocycles. The molecule has 12 nitrogen and oxygen atoms in total. The molecule has 4 rings (SSSR count). The summed E-state index contributed by atoms with van der Waals surface area (Å²) in [6.07, 6.45) is 4.20. The predicted molar refractivity (Wildman–Crippen MR) is 125 cm³/mol. The van der Waals surface area contributed by atoms with Crippen LogP contribution in [0.1, 0.15) is 37.3 Å². The quantitative estimate of drug-likeness (QED) is 0.202. The van der Waals surface area contributed by atoms with E-state index in [1.807, 2.05) is 18.2 Å². The number of tetrazole rings is 2. The first-order valence-corrected chi connectivity index (χ1v) is 12.0. The highest BCUT2D eigenvalue weighted by molar-refractivity contribution is 7.81. The van der Waals surface area contributed by atoms with E-state index in [0.29, 0.717) is 37.6 Å². The second kappa shape index (κ2) is 11.7. The zero-order chi connectivity index (χ0) is 22.9. The highest BCUT2D eigenvalue weighted by Gasteiger charge is 2.21. The summed E-state index contributed by atoms with van der Waals surface area (Å²) in [7, 11) is 0. The van der Waals surface area contributed by atoms with Crippen molar-refractivity contribution in [1.29, 1.82) is 0 Å². The van der Waals surface area contributed by atoms with E-state index in [-0.39, 0.29) is 5.25 Å². The Bertz CT molecular complexity index is 1120. The summed E-state index contributed by atoms with van der Waals surface area (Å²) in [5, 5.41) is 27.7. The number of aromatic amines is 2. The number of ether oxygens (including phenoxy) is 1. The number of nitrogens with zero attached hydrogens (tertiary/aromatic N) is 8. The van der Waals surface area contributed by atoms with Gasteiger partial charge in [0.15, 0.2) is 11.6 Å². The van der Waals surface area contributed by atoms with E-state index in [9.17, 15) is 4.79 Å². The Morgan fingerprint density at radius 1 is 1.09 bits per heavy atom. The lowest BCUT2D eigenvalue weighted by Crippen LogP contribution is -2.37. The maximum absolute atomic E-state index is 13.0. The van der Waals surface area contributed by atoms with Gasteiger partial charge in [0.25, 0.3) is 0 Å². The Morgan fingerprint density at radius 3 is 2.64 bits per heavy atom. The molecule has 174 valence electrons. The number of amides is 1. The molecule has 0 fully saturated rings. The van der Waals surface area contributed by atoms with E-state index < -0.39 is 6.09 Å². The van der Waals surface area contributed by atoms with Crippen molar-refractivity contribution in [1.82, 2.24) is 46.2 Å². The number of aromatic nitrogens is 9. The van der Waals surface area contributed by atoms with Crippen molar-refractivity contribution < 1.29 is 9.53 Å². The van der Waals surface area contributed by atoms with Crippen molar-refractivity contribution in [3.63, 3.8) is 0 Å². The fourth-order valence-electron chi connectivity index (χ4n) is 3.27. The van der Waals surface area contributed by atoms with Gasteiger partial charge in [-0.3, -0.25) is 4.90 Å². The first-order valence-electron chi connectivity index (χ1n) is 10.6. The third-order valence-electron chi connectivity index (χ3n) is 4.99. The number of hydrogen-bond acceptors (Lipinski definition) is 11. The number of fused-ring (bicyclic) bond motifs is 1. The van der Waals surface area contributed by atoms with Crippen LogP contribution in [0.15, 0.2) is 23.7 Å². The molecule has 0 spiro atoms. The van der Waals surface area contributed by atoms with E-state index in [4.69, 9.17) is 4.74 Å². The molecule has 0 aliphatic heterocycles. The number of H-pyrrole nitrogens is 2. The summed E-state index contributed by atoms with van der Waals surface area (Å²) in [5.41, 5.74) is 3.45. The van der Waals surface area contributed by atoms with Crippen molar-refractivity contribution in [3.05, 3.63) is 35.4 Å². The average Bonchev–Trinajstić information content (AvgIpc) is 3.60. The lowest BCUT2D eigenvalue weighted by atomic mass is 10.2. The van der Waals surface area contributed by atoms with Gasteiger partial charge in [0.2, 0.25) is 0 Å². The van der Waals surface area contributed by atoms with Gasteiger partial charge in [-0.1, -0.05) is 10.4 Å². The van der Waals surface area contributed by atoms with E-state index in [1.54, 1.807) is 10.4 Å². The van der Waals surface area contributed by atoms with Crippen LogP contribution in [-0.4, -0.2) is 70.7 Å². The number of benzene rings is 1. The summed E-state index contributed by atoms with van der Waals surface area (Å²) < 4.78 is 6.60. The number of thiazole rings is 1. The van der Waals surface area contributed by atoms with E-state index >= 15 is 0 Å². The Morgan fingerprint density at radius 2 is 1.88 bits per heavy atom. The van der Waals surface area contributed by atoms with Crippen molar-refractivity contribution in [3.8, 4) is 0 Å². The minimum Gasteiger partial charge on any atom is -0.449 e. The van der Waals surface area contributed by atoms with E-state index in [1.165, 1.54) is 11.3 Å². The molecular weight excluding hydrogens is 464 g/mol. The number of rotatable bonds is 12. The van der Waals surface area contributed by atoms with Crippen LogP contribution in [0, 0.1) is 0 Å². The van der Waals surface area contributed by atoms with Crippen LogP contribution in [0.25, 0.3) is 10.2 Å². The standard InChI is InChI=1S/C19H24N10O2S2/c30-19(31-9-3-1-2-4-17-21-25-26-22-17)29(11-14(32)6-8-18-23-27-28-24-18)13-5-7-15-16(10-13)33-12-20-15/h5,7,10,12,14,32H,1-4,6,8-9,11H2,(H,21,22,25,26)(H,23,24,27,28). The van der Waals surface area contributed by atoms with Gasteiger partial charge in [0.05, 0.1) is 22.3 Å². The smallest absolute Gasteiger partial charge is 0.414 e. The van der Waals surface area contributed by atoms with E-state index in [2.05, 4.69) is 58.9 Å². The molecular formula is C19H24N10O2S2. The van der Waals surface area contributed by atoms with E-state index in [0.717, 1.165) is 41.6 Å². The van der Waals surface area contributed by atoms with Gasteiger partial charge in [-0.25, -0.2) is 9.78 Å². The summed E-state index contributed by atoms with van der Waals surface area (Å²) in [4.78, 5) is 18.9. The second-order valence-corrected chi connectivity index (χ2v) is 9.01. The molecule has 0 aliphatic rings. The molecule has 4 aromatic rings. The number of carbonyl (C=O) groups is 1. The number of nitrogens with one attached hydrogen (secondary N) is 2. The van der Waals surface area contributed by atoms with Gasteiger partial charge in [0.1, 0.15) is 0 Å². The molecule has 0 saturated carbocycles.